The molecule has 2 heterocycles. The predicted molar refractivity (Wildman–Crippen MR) is 182 cm³/mol. The summed E-state index contributed by atoms with van der Waals surface area (Å²) in [4.78, 5) is 46.4. The molecule has 0 saturated heterocycles. The summed E-state index contributed by atoms with van der Waals surface area (Å²) < 4.78 is 39.8. The van der Waals surface area contributed by atoms with Gasteiger partial charge in [-0.15, -0.1) is 0 Å². The number of sulfonamides is 1. The van der Waals surface area contributed by atoms with Crippen molar-refractivity contribution in [1.82, 2.24) is 20.0 Å². The van der Waals surface area contributed by atoms with Gasteiger partial charge in [-0.25, -0.2) is 19.2 Å². The van der Waals surface area contributed by atoms with E-state index in [1.807, 2.05) is 66.7 Å². The first kappa shape index (κ1) is 33.0. The number of hydrazine groups is 1. The van der Waals surface area contributed by atoms with Crippen molar-refractivity contribution in [2.24, 2.45) is 23.6 Å². The number of methoxy groups -OCH3 is 1. The van der Waals surface area contributed by atoms with E-state index in [9.17, 15) is 22.8 Å². The van der Waals surface area contributed by atoms with Crippen LogP contribution in [0.2, 0.25) is 0 Å². The molecule has 2 aromatic carbocycles. The highest BCUT2D eigenvalue weighted by Gasteiger charge is 2.62. The summed E-state index contributed by atoms with van der Waals surface area (Å²) in [7, 11) is -2.24. The SMILES string of the molecule is COc1ccc2c(O[C@@H]3C[C@H]4C(=O)N[C@]5(C(=O)NS(=O)(=O)C6CC6)C[C@H]5/C=C/CCCCN(N)C(=O)[C@@H]4C3)cc(-c3ccccc3)nc2c1. The van der Waals surface area contributed by atoms with Gasteiger partial charge in [0.25, 0.3) is 5.91 Å². The molecular formula is C36H41N5O7S. The number of nitrogens with one attached hydrogen (secondary N) is 2. The molecule has 1 aliphatic heterocycles. The molecule has 0 bridgehead atoms. The highest BCUT2D eigenvalue weighted by atomic mass is 32.2. The molecule has 3 aliphatic carbocycles. The van der Waals surface area contributed by atoms with Gasteiger partial charge in [0.05, 0.1) is 35.4 Å². The summed E-state index contributed by atoms with van der Waals surface area (Å²) in [5.41, 5.74) is 0.831. The summed E-state index contributed by atoms with van der Waals surface area (Å²) in [6.45, 7) is 0.342. The largest absolute Gasteiger partial charge is 0.497 e. The van der Waals surface area contributed by atoms with Crippen LogP contribution in [0, 0.1) is 17.8 Å². The first-order valence-electron chi connectivity index (χ1n) is 16.9. The first-order chi connectivity index (χ1) is 23.6. The molecule has 4 N–H and O–H groups in total. The maximum Gasteiger partial charge on any atom is 0.259 e. The molecule has 13 heteroatoms. The van der Waals surface area contributed by atoms with Crippen molar-refractivity contribution >= 4 is 38.6 Å². The number of carbonyl (C=O) groups is 3. The van der Waals surface area contributed by atoms with Gasteiger partial charge < -0.3 is 14.8 Å². The van der Waals surface area contributed by atoms with Crippen LogP contribution in [0.1, 0.15) is 51.4 Å². The van der Waals surface area contributed by atoms with E-state index in [-0.39, 0.29) is 31.1 Å². The molecule has 4 aliphatic rings. The van der Waals surface area contributed by atoms with Crippen molar-refractivity contribution in [1.29, 1.82) is 0 Å². The van der Waals surface area contributed by atoms with Crippen LogP contribution in [0.5, 0.6) is 11.5 Å². The van der Waals surface area contributed by atoms with Crippen LogP contribution in [-0.4, -0.2) is 66.7 Å². The molecule has 0 radical (unpaired) electrons. The Hall–Kier alpha value is -4.49. The molecule has 1 aromatic heterocycles. The number of hydrogen-bond acceptors (Lipinski definition) is 9. The Kier molecular flexibility index (Phi) is 8.82. The lowest BCUT2D eigenvalue weighted by atomic mass is 9.93. The second-order valence-electron chi connectivity index (χ2n) is 13.6. The van der Waals surface area contributed by atoms with E-state index >= 15 is 0 Å². The van der Waals surface area contributed by atoms with Gasteiger partial charge in [0.15, 0.2) is 0 Å². The van der Waals surface area contributed by atoms with Crippen LogP contribution in [0.25, 0.3) is 22.2 Å². The molecule has 49 heavy (non-hydrogen) atoms. The fourth-order valence-electron chi connectivity index (χ4n) is 7.09. The smallest absolute Gasteiger partial charge is 0.259 e. The summed E-state index contributed by atoms with van der Waals surface area (Å²) in [5.74, 6) is 3.83. The van der Waals surface area contributed by atoms with E-state index in [2.05, 4.69) is 10.0 Å². The topological polar surface area (TPSA) is 170 Å². The van der Waals surface area contributed by atoms with E-state index < -0.39 is 50.6 Å². The number of hydrogen-bond donors (Lipinski definition) is 3. The standard InChI is InChI=1S/C36H41N5O7S/c1-47-24-12-15-27-31(19-24)38-30(22-9-5-4-6-10-22)20-32(27)48-25-17-28-29(18-25)34(43)41(37)16-8-3-2-7-11-23-21-36(23,39-33(28)42)35(44)40-49(45,46)26-13-14-26/h4-7,9-12,15,19-20,23,25-26,28-29H,2-3,8,13-14,16-18,21,37H2,1H3,(H,39,42)(H,40,44)/b11-7+/t23-,25-,28-,29-,36-/m1/s1. The summed E-state index contributed by atoms with van der Waals surface area (Å²) >= 11 is 0. The van der Waals surface area contributed by atoms with Crippen molar-refractivity contribution in [2.75, 3.05) is 13.7 Å². The molecular weight excluding hydrogens is 646 g/mol. The molecule has 3 amide bonds. The lowest BCUT2D eigenvalue weighted by molar-refractivity contribution is -0.142. The van der Waals surface area contributed by atoms with Crippen molar-refractivity contribution in [3.05, 3.63) is 66.7 Å². The third kappa shape index (κ3) is 6.73. The Labute approximate surface area is 285 Å². The van der Waals surface area contributed by atoms with Gasteiger partial charge in [0.1, 0.15) is 23.1 Å². The molecule has 12 nitrogen and oxygen atoms in total. The maximum absolute atomic E-state index is 14.1. The van der Waals surface area contributed by atoms with Crippen LogP contribution in [0.4, 0.5) is 0 Å². The number of aromatic nitrogens is 1. The minimum atomic E-state index is -3.83. The van der Waals surface area contributed by atoms with Crippen LogP contribution in [0.3, 0.4) is 0 Å². The summed E-state index contributed by atoms with van der Waals surface area (Å²) in [6, 6.07) is 17.1. The molecule has 5 atom stereocenters. The van der Waals surface area contributed by atoms with Gasteiger partial charge in [-0.05, 0) is 63.5 Å². The molecule has 3 saturated carbocycles. The first-order valence-corrected chi connectivity index (χ1v) is 18.4. The maximum atomic E-state index is 14.1. The average molecular weight is 688 g/mol. The number of ether oxygens (including phenoxy) is 2. The zero-order chi connectivity index (χ0) is 34.3. The number of benzene rings is 2. The lowest BCUT2D eigenvalue weighted by Gasteiger charge is -2.26. The second kappa shape index (κ2) is 13.1. The van der Waals surface area contributed by atoms with Crippen molar-refractivity contribution in [2.45, 2.75) is 68.3 Å². The Balaban J connectivity index is 1.19. The van der Waals surface area contributed by atoms with Gasteiger partial charge in [0, 0.05) is 35.5 Å². The number of pyridine rings is 1. The fourth-order valence-corrected chi connectivity index (χ4v) is 8.46. The minimum absolute atomic E-state index is 0.190. The zero-order valence-electron chi connectivity index (χ0n) is 27.3. The highest BCUT2D eigenvalue weighted by molar-refractivity contribution is 7.91. The van der Waals surface area contributed by atoms with E-state index in [4.69, 9.17) is 20.3 Å². The Bertz CT molecular complexity index is 1920. The number of amides is 3. The van der Waals surface area contributed by atoms with E-state index in [0.717, 1.165) is 17.4 Å². The summed E-state index contributed by atoms with van der Waals surface area (Å²) in [6.07, 6.45) is 7.11. The Morgan fingerprint density at radius 3 is 2.59 bits per heavy atom. The number of nitrogens with zero attached hydrogens (tertiary/aromatic N) is 2. The number of fused-ring (bicyclic) bond motifs is 3. The normalized spacial score (nSPS) is 28.1. The third-order valence-electron chi connectivity index (χ3n) is 10.2. The van der Waals surface area contributed by atoms with Gasteiger partial charge >= 0.3 is 0 Å². The minimum Gasteiger partial charge on any atom is -0.497 e. The lowest BCUT2D eigenvalue weighted by Crippen LogP contribution is -2.54. The van der Waals surface area contributed by atoms with Crippen molar-refractivity contribution in [3.8, 4) is 22.8 Å². The van der Waals surface area contributed by atoms with Gasteiger partial charge in [-0.2, -0.15) is 0 Å². The fraction of sp³-hybridized carbons (Fsp3) is 0.444. The molecule has 3 aromatic rings. The van der Waals surface area contributed by atoms with Gasteiger partial charge in [0.2, 0.25) is 21.8 Å². The molecule has 3 fully saturated rings. The zero-order valence-corrected chi connectivity index (χ0v) is 28.2. The van der Waals surface area contributed by atoms with Crippen LogP contribution in [0.15, 0.2) is 66.7 Å². The van der Waals surface area contributed by atoms with Crippen LogP contribution >= 0.6 is 0 Å². The molecule has 0 spiro atoms. The number of allylic oxidation sites excluding steroid dienone is 1. The average Bonchev–Trinajstić information content (AvgIpc) is 4.02. The molecule has 0 unspecified atom stereocenters. The van der Waals surface area contributed by atoms with Gasteiger partial charge in [-0.3, -0.25) is 24.1 Å². The van der Waals surface area contributed by atoms with Crippen molar-refractivity contribution in [3.63, 3.8) is 0 Å². The highest BCUT2D eigenvalue weighted by Crippen LogP contribution is 2.47. The second-order valence-corrected chi connectivity index (χ2v) is 15.5. The quantitative estimate of drug-likeness (QED) is 0.191. The van der Waals surface area contributed by atoms with E-state index in [0.29, 0.717) is 54.9 Å². The Morgan fingerprint density at radius 2 is 1.84 bits per heavy atom. The summed E-state index contributed by atoms with van der Waals surface area (Å²) in [5, 5.41) is 4.25. The number of carbonyl (C=O) groups excluding carboxylic acids is 3. The number of rotatable bonds is 7. The Morgan fingerprint density at radius 1 is 1.06 bits per heavy atom. The predicted octanol–water partition coefficient (Wildman–Crippen LogP) is 3.61. The van der Waals surface area contributed by atoms with E-state index in [1.165, 1.54) is 5.01 Å². The molecule has 258 valence electrons. The van der Waals surface area contributed by atoms with Crippen molar-refractivity contribution < 1.29 is 32.3 Å². The van der Waals surface area contributed by atoms with Crippen LogP contribution < -0.4 is 25.4 Å². The third-order valence-corrected chi connectivity index (χ3v) is 12.0. The number of nitrogens with two attached hydrogens (primary N) is 1. The van der Waals surface area contributed by atoms with Crippen LogP contribution in [-0.2, 0) is 24.4 Å². The van der Waals surface area contributed by atoms with E-state index in [1.54, 1.807) is 7.11 Å². The van der Waals surface area contributed by atoms with Gasteiger partial charge in [-0.1, -0.05) is 42.5 Å². The molecule has 7 rings (SSSR count). The monoisotopic (exact) mass is 687 g/mol.